The molecular weight excluding hydrogens is 246 g/mol. The van der Waals surface area contributed by atoms with Crippen molar-refractivity contribution < 1.29 is 8.42 Å². The highest BCUT2D eigenvalue weighted by atomic mass is 35.7. The normalized spacial score (nSPS) is 19.8. The van der Waals surface area contributed by atoms with Gasteiger partial charge < -0.3 is 0 Å². The van der Waals surface area contributed by atoms with Crippen LogP contribution in [0.5, 0.6) is 0 Å². The van der Waals surface area contributed by atoms with Gasteiger partial charge in [0, 0.05) is 23.8 Å². The van der Waals surface area contributed by atoms with Gasteiger partial charge in [-0.15, -0.1) is 0 Å². The van der Waals surface area contributed by atoms with E-state index in [9.17, 15) is 8.42 Å². The summed E-state index contributed by atoms with van der Waals surface area (Å²) in [5.41, 5.74) is 1.29. The minimum Gasteiger partial charge on any atom is -0.195 e. The largest absolute Gasteiger partial charge is 0.299 e. The fourth-order valence-electron chi connectivity index (χ4n) is 2.13. The van der Waals surface area contributed by atoms with E-state index in [1.807, 2.05) is 18.2 Å². The molecule has 2 rings (SSSR count). The Hall–Kier alpha value is -0.580. The van der Waals surface area contributed by atoms with Gasteiger partial charge in [0.15, 0.2) is 0 Å². The second-order valence-electron chi connectivity index (χ2n) is 4.03. The molecule has 1 aromatic rings. The van der Waals surface area contributed by atoms with E-state index in [-0.39, 0.29) is 0 Å². The van der Waals surface area contributed by atoms with Crippen LogP contribution in [-0.2, 0) is 9.24 Å². The van der Waals surface area contributed by atoms with Crippen molar-refractivity contribution in [2.45, 2.75) is 18.8 Å². The summed E-state index contributed by atoms with van der Waals surface area (Å²) in [5, 5.41) is 0. The van der Waals surface area contributed by atoms with Gasteiger partial charge in [0.25, 0.3) is 9.24 Å². The van der Waals surface area contributed by atoms with Crippen LogP contribution in [0.25, 0.3) is 0 Å². The van der Waals surface area contributed by atoms with Gasteiger partial charge in [-0.1, -0.05) is 30.3 Å². The average Bonchev–Trinajstić information content (AvgIpc) is 2.29. The summed E-state index contributed by atoms with van der Waals surface area (Å²) in [5.74, 6) is 0.455. The van der Waals surface area contributed by atoms with E-state index in [4.69, 9.17) is 10.7 Å². The summed E-state index contributed by atoms with van der Waals surface area (Å²) in [7, 11) is 1.78. The third-order valence-electron chi connectivity index (χ3n) is 3.03. The molecule has 0 aromatic heterocycles. The van der Waals surface area contributed by atoms with Gasteiger partial charge in [0.05, 0.1) is 0 Å². The Morgan fingerprint density at radius 1 is 1.12 bits per heavy atom. The van der Waals surface area contributed by atoms with Gasteiger partial charge in [-0.2, -0.15) is 12.7 Å². The number of nitrogens with zero attached hydrogens (tertiary/aromatic N) is 1. The molecule has 1 saturated heterocycles. The maximum Gasteiger partial charge on any atom is 0.299 e. The van der Waals surface area contributed by atoms with E-state index in [0.717, 1.165) is 12.8 Å². The standard InChI is InChI=1S/C11H14ClNO2S/c12-16(14,15)13-8-6-11(7-9-13)10-4-2-1-3-5-10/h1-5,11H,6-9H2. The van der Waals surface area contributed by atoms with Crippen LogP contribution in [0.4, 0.5) is 0 Å². The van der Waals surface area contributed by atoms with E-state index in [1.54, 1.807) is 0 Å². The summed E-state index contributed by atoms with van der Waals surface area (Å²) in [6.45, 7) is 1.04. The second-order valence-corrected chi connectivity index (χ2v) is 6.54. The molecular formula is C11H14ClNO2S. The van der Waals surface area contributed by atoms with Gasteiger partial charge in [0.2, 0.25) is 0 Å². The molecule has 1 fully saturated rings. The Morgan fingerprint density at radius 2 is 1.69 bits per heavy atom. The monoisotopic (exact) mass is 259 g/mol. The lowest BCUT2D eigenvalue weighted by atomic mass is 9.90. The van der Waals surface area contributed by atoms with Crippen molar-refractivity contribution in [2.24, 2.45) is 0 Å². The first-order chi connectivity index (χ1) is 7.57. The summed E-state index contributed by atoms with van der Waals surface area (Å²) < 4.78 is 23.6. The Kier molecular flexibility index (Phi) is 3.52. The molecule has 1 heterocycles. The van der Waals surface area contributed by atoms with E-state index >= 15 is 0 Å². The second kappa shape index (κ2) is 4.73. The molecule has 16 heavy (non-hydrogen) atoms. The predicted octanol–water partition coefficient (Wildman–Crippen LogP) is 2.35. The highest BCUT2D eigenvalue weighted by molar-refractivity contribution is 8.11. The molecule has 0 atom stereocenters. The first-order valence-electron chi connectivity index (χ1n) is 5.32. The highest BCUT2D eigenvalue weighted by Gasteiger charge is 2.26. The molecule has 0 saturated carbocycles. The topological polar surface area (TPSA) is 37.4 Å². The van der Waals surface area contributed by atoms with Crippen LogP contribution in [-0.4, -0.2) is 25.8 Å². The van der Waals surface area contributed by atoms with Crippen LogP contribution in [0.2, 0.25) is 0 Å². The van der Waals surface area contributed by atoms with E-state index in [2.05, 4.69) is 12.1 Å². The molecule has 0 amide bonds. The van der Waals surface area contributed by atoms with Crippen molar-refractivity contribution in [3.63, 3.8) is 0 Å². The molecule has 1 aliphatic rings. The Bertz CT molecular complexity index is 438. The van der Waals surface area contributed by atoms with Crippen molar-refractivity contribution in [3.05, 3.63) is 35.9 Å². The molecule has 5 heteroatoms. The third kappa shape index (κ3) is 2.75. The molecule has 0 N–H and O–H groups in total. The molecule has 3 nitrogen and oxygen atoms in total. The van der Waals surface area contributed by atoms with Crippen molar-refractivity contribution in [1.82, 2.24) is 4.31 Å². The predicted molar refractivity (Wildman–Crippen MR) is 64.8 cm³/mol. The van der Waals surface area contributed by atoms with Crippen LogP contribution in [0.15, 0.2) is 30.3 Å². The number of rotatable bonds is 2. The van der Waals surface area contributed by atoms with Crippen LogP contribution in [0, 0.1) is 0 Å². The zero-order valence-corrected chi connectivity index (χ0v) is 10.4. The van der Waals surface area contributed by atoms with Gasteiger partial charge in [-0.05, 0) is 24.3 Å². The molecule has 0 spiro atoms. The first-order valence-corrected chi connectivity index (χ1v) is 7.58. The number of benzene rings is 1. The highest BCUT2D eigenvalue weighted by Crippen LogP contribution is 2.29. The van der Waals surface area contributed by atoms with Crippen LogP contribution < -0.4 is 0 Å². The maximum absolute atomic E-state index is 11.1. The zero-order chi connectivity index (χ0) is 11.6. The molecule has 1 aliphatic heterocycles. The SMILES string of the molecule is O=S(=O)(Cl)N1CCC(c2ccccc2)CC1. The summed E-state index contributed by atoms with van der Waals surface area (Å²) in [6, 6.07) is 10.2. The molecule has 0 radical (unpaired) electrons. The molecule has 88 valence electrons. The van der Waals surface area contributed by atoms with E-state index < -0.39 is 9.24 Å². The van der Waals surface area contributed by atoms with Gasteiger partial charge in [-0.25, -0.2) is 0 Å². The van der Waals surface area contributed by atoms with Crippen molar-refractivity contribution in [1.29, 1.82) is 0 Å². The van der Waals surface area contributed by atoms with E-state index in [1.165, 1.54) is 9.87 Å². The number of halogens is 1. The lowest BCUT2D eigenvalue weighted by Gasteiger charge is -2.29. The first kappa shape index (κ1) is 11.9. The van der Waals surface area contributed by atoms with Gasteiger partial charge in [0.1, 0.15) is 0 Å². The smallest absolute Gasteiger partial charge is 0.195 e. The minimum absolute atomic E-state index is 0.455. The number of hydrogen-bond acceptors (Lipinski definition) is 2. The van der Waals surface area contributed by atoms with Crippen molar-refractivity contribution >= 4 is 19.9 Å². The van der Waals surface area contributed by atoms with Crippen LogP contribution in [0.3, 0.4) is 0 Å². The van der Waals surface area contributed by atoms with E-state index in [0.29, 0.717) is 19.0 Å². The van der Waals surface area contributed by atoms with Gasteiger partial charge >= 0.3 is 0 Å². The average molecular weight is 260 g/mol. The maximum atomic E-state index is 11.1. The fraction of sp³-hybridized carbons (Fsp3) is 0.455. The number of hydrogen-bond donors (Lipinski definition) is 0. The molecule has 1 aromatic carbocycles. The zero-order valence-electron chi connectivity index (χ0n) is 8.84. The molecule has 0 bridgehead atoms. The summed E-state index contributed by atoms with van der Waals surface area (Å²) in [6.07, 6.45) is 1.69. The Labute approximate surface area is 101 Å². The van der Waals surface area contributed by atoms with Gasteiger partial charge in [-0.3, -0.25) is 0 Å². The van der Waals surface area contributed by atoms with Crippen LogP contribution >= 0.6 is 10.7 Å². The van der Waals surface area contributed by atoms with Crippen LogP contribution in [0.1, 0.15) is 24.3 Å². The quantitative estimate of drug-likeness (QED) is 0.765. The minimum atomic E-state index is -3.53. The lowest BCUT2D eigenvalue weighted by molar-refractivity contribution is 0.325. The lowest BCUT2D eigenvalue weighted by Crippen LogP contribution is -2.35. The van der Waals surface area contributed by atoms with Crippen molar-refractivity contribution in [3.8, 4) is 0 Å². The summed E-state index contributed by atoms with van der Waals surface area (Å²) >= 11 is 0. The Morgan fingerprint density at radius 3 is 2.19 bits per heavy atom. The van der Waals surface area contributed by atoms with Crippen molar-refractivity contribution in [2.75, 3.05) is 13.1 Å². The third-order valence-corrected chi connectivity index (χ3v) is 4.60. The number of piperidine rings is 1. The Balaban J connectivity index is 2.01. The summed E-state index contributed by atoms with van der Waals surface area (Å²) in [4.78, 5) is 0. The molecule has 0 unspecified atom stereocenters. The fourth-order valence-corrected chi connectivity index (χ4v) is 3.19. The molecule has 0 aliphatic carbocycles.